The standard InChI is InChI=1S/C65H116O6/c1-4-7-10-13-16-19-22-24-25-26-27-28-29-30-31-32-33-34-35-36-37-38-39-40-41-42-44-46-49-52-55-58-64(67)70-61-62(60-69-63(66)57-54-51-48-45-21-18-15-12-9-6-3)71-65(68)59-56-53-50-47-43-23-20-17-14-11-8-5-2/h7,10,16-17,19-20,24-25,27-28,62H,4-6,8-9,11-15,18,21-23,26,29-61H2,1-3H3/b10-7-,19-16-,20-17-,25-24-,28-27-. The van der Waals surface area contributed by atoms with Gasteiger partial charge in [-0.3, -0.25) is 14.4 Å². The smallest absolute Gasteiger partial charge is 0.306 e. The molecule has 0 aliphatic rings. The van der Waals surface area contributed by atoms with Crippen LogP contribution in [-0.2, 0) is 28.6 Å². The van der Waals surface area contributed by atoms with Gasteiger partial charge in [0, 0.05) is 19.3 Å². The molecule has 1 atom stereocenters. The molecule has 0 amide bonds. The van der Waals surface area contributed by atoms with E-state index in [1.165, 1.54) is 186 Å². The van der Waals surface area contributed by atoms with Crippen molar-refractivity contribution in [1.82, 2.24) is 0 Å². The Hall–Kier alpha value is -2.89. The zero-order valence-electron chi connectivity index (χ0n) is 47.2. The summed E-state index contributed by atoms with van der Waals surface area (Å²) < 4.78 is 16.8. The summed E-state index contributed by atoms with van der Waals surface area (Å²) in [6.45, 7) is 6.51. The highest BCUT2D eigenvalue weighted by Crippen LogP contribution is 2.17. The van der Waals surface area contributed by atoms with Gasteiger partial charge in [-0.05, 0) is 83.5 Å². The van der Waals surface area contributed by atoms with E-state index in [4.69, 9.17) is 14.2 Å². The number of carbonyl (C=O) groups excluding carboxylic acids is 3. The van der Waals surface area contributed by atoms with Crippen molar-refractivity contribution in [3.8, 4) is 0 Å². The van der Waals surface area contributed by atoms with E-state index in [2.05, 4.69) is 81.5 Å². The molecule has 0 saturated heterocycles. The molecule has 0 aromatic rings. The van der Waals surface area contributed by atoms with Gasteiger partial charge < -0.3 is 14.2 Å². The summed E-state index contributed by atoms with van der Waals surface area (Å²) in [7, 11) is 0. The predicted octanol–water partition coefficient (Wildman–Crippen LogP) is 20.8. The third kappa shape index (κ3) is 57.9. The van der Waals surface area contributed by atoms with E-state index in [9.17, 15) is 14.4 Å². The highest BCUT2D eigenvalue weighted by Gasteiger charge is 2.19. The van der Waals surface area contributed by atoms with Crippen LogP contribution in [0, 0.1) is 0 Å². The maximum atomic E-state index is 12.8. The van der Waals surface area contributed by atoms with Crippen molar-refractivity contribution < 1.29 is 28.6 Å². The first-order chi connectivity index (χ1) is 35.0. The van der Waals surface area contributed by atoms with Crippen molar-refractivity contribution in [3.05, 3.63) is 60.8 Å². The molecule has 0 N–H and O–H groups in total. The fraction of sp³-hybridized carbons (Fsp3) is 0.800. The molecular formula is C65H116O6. The Balaban J connectivity index is 4.05. The number of allylic oxidation sites excluding steroid dienone is 10. The van der Waals surface area contributed by atoms with Crippen LogP contribution >= 0.6 is 0 Å². The summed E-state index contributed by atoms with van der Waals surface area (Å²) in [5.41, 5.74) is 0. The Bertz CT molecular complexity index is 1280. The number of hydrogen-bond acceptors (Lipinski definition) is 6. The van der Waals surface area contributed by atoms with Gasteiger partial charge in [0.05, 0.1) is 0 Å². The lowest BCUT2D eigenvalue weighted by Crippen LogP contribution is -2.30. The Morgan fingerprint density at radius 3 is 0.901 bits per heavy atom. The quantitative estimate of drug-likeness (QED) is 0.0261. The van der Waals surface area contributed by atoms with E-state index in [1.54, 1.807) is 0 Å². The largest absolute Gasteiger partial charge is 0.462 e. The molecule has 0 aliphatic carbocycles. The second-order valence-corrected chi connectivity index (χ2v) is 20.6. The van der Waals surface area contributed by atoms with Gasteiger partial charge in [-0.25, -0.2) is 0 Å². The molecule has 0 aromatic carbocycles. The van der Waals surface area contributed by atoms with Gasteiger partial charge >= 0.3 is 17.9 Å². The molecule has 0 bridgehead atoms. The minimum Gasteiger partial charge on any atom is -0.462 e. The van der Waals surface area contributed by atoms with Gasteiger partial charge in [0.1, 0.15) is 13.2 Å². The van der Waals surface area contributed by atoms with Crippen LogP contribution in [0.4, 0.5) is 0 Å². The molecule has 0 aromatic heterocycles. The second kappa shape index (κ2) is 59.7. The van der Waals surface area contributed by atoms with Gasteiger partial charge in [-0.15, -0.1) is 0 Å². The molecule has 0 heterocycles. The van der Waals surface area contributed by atoms with Crippen molar-refractivity contribution >= 4 is 17.9 Å². The Kier molecular flexibility index (Phi) is 57.2. The molecule has 6 nitrogen and oxygen atoms in total. The molecule has 412 valence electrons. The predicted molar refractivity (Wildman–Crippen MR) is 307 cm³/mol. The maximum absolute atomic E-state index is 12.8. The summed E-state index contributed by atoms with van der Waals surface area (Å²) in [6.07, 6.45) is 75.3. The van der Waals surface area contributed by atoms with Crippen LogP contribution in [0.2, 0.25) is 0 Å². The molecule has 0 rings (SSSR count). The monoisotopic (exact) mass is 993 g/mol. The van der Waals surface area contributed by atoms with Crippen molar-refractivity contribution in [2.24, 2.45) is 0 Å². The number of esters is 3. The Morgan fingerprint density at radius 2 is 0.549 bits per heavy atom. The van der Waals surface area contributed by atoms with Crippen molar-refractivity contribution in [2.45, 2.75) is 322 Å². The maximum Gasteiger partial charge on any atom is 0.306 e. The summed E-state index contributed by atoms with van der Waals surface area (Å²) >= 11 is 0. The topological polar surface area (TPSA) is 78.9 Å². The Labute approximate surface area is 440 Å². The van der Waals surface area contributed by atoms with Crippen LogP contribution in [0.3, 0.4) is 0 Å². The third-order valence-electron chi connectivity index (χ3n) is 13.5. The van der Waals surface area contributed by atoms with E-state index < -0.39 is 6.10 Å². The SMILES string of the molecule is CC/C=C\C/C=C\C/C=C\C/C=C\CCCCCCCCCCCCCCCCCCCCC(=O)OCC(COC(=O)CCCCCCCCCCCC)OC(=O)CCCCCCC/C=C\CCCCC. The van der Waals surface area contributed by atoms with Crippen LogP contribution in [0.1, 0.15) is 316 Å². The van der Waals surface area contributed by atoms with Gasteiger partial charge in [-0.2, -0.15) is 0 Å². The lowest BCUT2D eigenvalue weighted by atomic mass is 10.0. The van der Waals surface area contributed by atoms with Gasteiger partial charge in [0.2, 0.25) is 0 Å². The minimum atomic E-state index is -0.773. The molecule has 0 aliphatic heterocycles. The fourth-order valence-corrected chi connectivity index (χ4v) is 8.90. The number of unbranched alkanes of at least 4 members (excludes halogenated alkanes) is 35. The highest BCUT2D eigenvalue weighted by atomic mass is 16.6. The summed E-state index contributed by atoms with van der Waals surface area (Å²) in [5.74, 6) is -0.869. The van der Waals surface area contributed by atoms with Gasteiger partial charge in [0.15, 0.2) is 6.10 Å². The average Bonchev–Trinajstić information content (AvgIpc) is 3.37. The molecule has 1 unspecified atom stereocenters. The fourth-order valence-electron chi connectivity index (χ4n) is 8.90. The summed E-state index contributed by atoms with van der Waals surface area (Å²) in [5, 5.41) is 0. The number of rotatable bonds is 56. The van der Waals surface area contributed by atoms with E-state index in [1.807, 2.05) is 0 Å². The average molecular weight is 994 g/mol. The van der Waals surface area contributed by atoms with Crippen molar-refractivity contribution in [1.29, 1.82) is 0 Å². The van der Waals surface area contributed by atoms with Gasteiger partial charge in [0.25, 0.3) is 0 Å². The number of ether oxygens (including phenoxy) is 3. The first-order valence-corrected chi connectivity index (χ1v) is 30.8. The minimum absolute atomic E-state index is 0.0725. The van der Waals surface area contributed by atoms with E-state index in [0.717, 1.165) is 89.9 Å². The number of carbonyl (C=O) groups is 3. The van der Waals surface area contributed by atoms with Crippen LogP contribution in [0.5, 0.6) is 0 Å². The molecule has 0 spiro atoms. The second-order valence-electron chi connectivity index (χ2n) is 20.6. The highest BCUT2D eigenvalue weighted by molar-refractivity contribution is 5.71. The summed E-state index contributed by atoms with van der Waals surface area (Å²) in [6, 6.07) is 0. The molecule has 6 heteroatoms. The molecule has 71 heavy (non-hydrogen) atoms. The first kappa shape index (κ1) is 68.1. The molecule has 0 radical (unpaired) electrons. The zero-order chi connectivity index (χ0) is 51.4. The molecular weight excluding hydrogens is 877 g/mol. The van der Waals surface area contributed by atoms with Crippen LogP contribution in [0.25, 0.3) is 0 Å². The van der Waals surface area contributed by atoms with Crippen LogP contribution in [0.15, 0.2) is 60.8 Å². The molecule has 0 saturated carbocycles. The van der Waals surface area contributed by atoms with E-state index in [-0.39, 0.29) is 31.1 Å². The van der Waals surface area contributed by atoms with E-state index >= 15 is 0 Å². The lowest BCUT2D eigenvalue weighted by molar-refractivity contribution is -0.167. The number of hydrogen-bond donors (Lipinski definition) is 0. The Morgan fingerprint density at radius 1 is 0.296 bits per heavy atom. The van der Waals surface area contributed by atoms with E-state index in [0.29, 0.717) is 19.3 Å². The van der Waals surface area contributed by atoms with Crippen LogP contribution in [-0.4, -0.2) is 37.2 Å². The first-order valence-electron chi connectivity index (χ1n) is 30.8. The van der Waals surface area contributed by atoms with Crippen molar-refractivity contribution in [3.63, 3.8) is 0 Å². The van der Waals surface area contributed by atoms with Crippen molar-refractivity contribution in [2.75, 3.05) is 13.2 Å². The van der Waals surface area contributed by atoms with Gasteiger partial charge in [-0.1, -0.05) is 274 Å². The normalized spacial score (nSPS) is 12.4. The third-order valence-corrected chi connectivity index (χ3v) is 13.5. The zero-order valence-corrected chi connectivity index (χ0v) is 47.2. The molecule has 0 fully saturated rings. The van der Waals surface area contributed by atoms with Crippen LogP contribution < -0.4 is 0 Å². The summed E-state index contributed by atoms with van der Waals surface area (Å²) in [4.78, 5) is 38.0. The lowest BCUT2D eigenvalue weighted by Gasteiger charge is -2.18.